The number of aromatic nitrogens is 2. The zero-order valence-electron chi connectivity index (χ0n) is 13.9. The molecule has 25 heavy (non-hydrogen) atoms. The van der Waals surface area contributed by atoms with Crippen molar-refractivity contribution in [1.29, 1.82) is 0 Å². The van der Waals surface area contributed by atoms with Gasteiger partial charge in [-0.05, 0) is 30.9 Å². The molecule has 0 aliphatic heterocycles. The second-order valence-corrected chi connectivity index (χ2v) is 6.60. The van der Waals surface area contributed by atoms with Crippen LogP contribution in [0.4, 0.5) is 18.9 Å². The van der Waals surface area contributed by atoms with Crippen molar-refractivity contribution >= 4 is 11.6 Å². The first kappa shape index (κ1) is 17.5. The van der Waals surface area contributed by atoms with Gasteiger partial charge in [0.15, 0.2) is 0 Å². The van der Waals surface area contributed by atoms with Gasteiger partial charge in [-0.25, -0.2) is 0 Å². The quantitative estimate of drug-likeness (QED) is 0.897. The zero-order valence-corrected chi connectivity index (χ0v) is 13.9. The third-order valence-electron chi connectivity index (χ3n) is 4.78. The summed E-state index contributed by atoms with van der Waals surface area (Å²) in [7, 11) is 0. The first-order valence-corrected chi connectivity index (χ1v) is 8.27. The largest absolute Gasteiger partial charge is 0.408 e. The summed E-state index contributed by atoms with van der Waals surface area (Å²) >= 11 is 0. The van der Waals surface area contributed by atoms with E-state index < -0.39 is 18.1 Å². The van der Waals surface area contributed by atoms with Crippen LogP contribution in [0, 0.1) is 6.92 Å². The smallest absolute Gasteiger partial charge is 0.323 e. The molecule has 0 atom stereocenters. The molecule has 0 spiro atoms. The van der Waals surface area contributed by atoms with Crippen LogP contribution in [0.3, 0.4) is 0 Å². The van der Waals surface area contributed by atoms with Crippen LogP contribution in [-0.4, -0.2) is 21.9 Å². The fraction of sp³-hybridized carbons (Fsp3) is 0.444. The van der Waals surface area contributed by atoms with E-state index in [4.69, 9.17) is 0 Å². The van der Waals surface area contributed by atoms with Crippen LogP contribution < -0.4 is 5.32 Å². The number of nitrogens with zero attached hydrogens (tertiary/aromatic N) is 2. The maximum atomic E-state index is 13.0. The summed E-state index contributed by atoms with van der Waals surface area (Å²) in [5, 5.41) is 6.44. The van der Waals surface area contributed by atoms with Crippen LogP contribution in [0.15, 0.2) is 36.7 Å². The standard InChI is InChI=1S/C18H20F3N3O/c1-13-6-2-3-7-15(13)17(8-4-5-9-17)16(25)23-14-10-22-24(11-14)12-18(19,20)21/h2-3,6-7,10-11H,4-5,8-9,12H2,1H3,(H,23,25). The highest BCUT2D eigenvalue weighted by Crippen LogP contribution is 2.43. The van der Waals surface area contributed by atoms with Gasteiger partial charge in [0.1, 0.15) is 6.54 Å². The molecule has 0 saturated heterocycles. The number of hydrogen-bond donors (Lipinski definition) is 1. The van der Waals surface area contributed by atoms with E-state index in [0.717, 1.165) is 41.5 Å². The number of carbonyl (C=O) groups is 1. The summed E-state index contributed by atoms with van der Waals surface area (Å²) < 4.78 is 38.1. The molecule has 1 aliphatic carbocycles. The highest BCUT2D eigenvalue weighted by molar-refractivity contribution is 5.99. The number of benzene rings is 1. The predicted molar refractivity (Wildman–Crippen MR) is 88.2 cm³/mol. The molecule has 1 heterocycles. The Bertz CT molecular complexity index is 761. The van der Waals surface area contributed by atoms with Gasteiger partial charge in [0.25, 0.3) is 0 Å². The van der Waals surface area contributed by atoms with Crippen LogP contribution in [0.1, 0.15) is 36.8 Å². The maximum absolute atomic E-state index is 13.0. The van der Waals surface area contributed by atoms with E-state index in [1.807, 2.05) is 31.2 Å². The minimum Gasteiger partial charge on any atom is -0.323 e. The number of nitrogens with one attached hydrogen (secondary N) is 1. The summed E-state index contributed by atoms with van der Waals surface area (Å²) in [5.74, 6) is -0.175. The zero-order chi connectivity index (χ0) is 18.1. The van der Waals surface area contributed by atoms with Crippen LogP contribution in [0.25, 0.3) is 0 Å². The van der Waals surface area contributed by atoms with Crippen LogP contribution >= 0.6 is 0 Å². The van der Waals surface area contributed by atoms with Gasteiger partial charge in [-0.15, -0.1) is 0 Å². The van der Waals surface area contributed by atoms with Crippen molar-refractivity contribution in [2.75, 3.05) is 5.32 Å². The van der Waals surface area contributed by atoms with E-state index in [9.17, 15) is 18.0 Å². The topological polar surface area (TPSA) is 46.9 Å². The Morgan fingerprint density at radius 2 is 1.96 bits per heavy atom. The molecule has 1 fully saturated rings. The van der Waals surface area contributed by atoms with Crippen molar-refractivity contribution in [2.45, 2.75) is 50.7 Å². The molecule has 0 bridgehead atoms. The molecular weight excluding hydrogens is 331 g/mol. The van der Waals surface area contributed by atoms with Gasteiger partial charge in [0, 0.05) is 6.20 Å². The Kier molecular flexibility index (Phi) is 4.58. The lowest BCUT2D eigenvalue weighted by Crippen LogP contribution is -2.38. The molecule has 1 amide bonds. The molecular formula is C18H20F3N3O. The maximum Gasteiger partial charge on any atom is 0.408 e. The second-order valence-electron chi connectivity index (χ2n) is 6.60. The Balaban J connectivity index is 1.82. The van der Waals surface area contributed by atoms with Crippen LogP contribution in [-0.2, 0) is 16.8 Å². The van der Waals surface area contributed by atoms with Crippen molar-refractivity contribution in [3.05, 3.63) is 47.8 Å². The first-order chi connectivity index (χ1) is 11.8. The number of aryl methyl sites for hydroxylation is 1. The van der Waals surface area contributed by atoms with Gasteiger partial charge < -0.3 is 5.32 Å². The molecule has 1 aliphatic rings. The summed E-state index contributed by atoms with van der Waals surface area (Å²) in [6, 6.07) is 7.79. The van der Waals surface area contributed by atoms with Gasteiger partial charge >= 0.3 is 6.18 Å². The number of halogens is 3. The monoisotopic (exact) mass is 351 g/mol. The van der Waals surface area contributed by atoms with E-state index in [2.05, 4.69) is 10.4 Å². The predicted octanol–water partition coefficient (Wildman–Crippen LogP) is 4.20. The lowest BCUT2D eigenvalue weighted by atomic mass is 9.76. The van der Waals surface area contributed by atoms with Crippen molar-refractivity contribution < 1.29 is 18.0 Å². The first-order valence-electron chi connectivity index (χ1n) is 8.27. The molecule has 3 rings (SSSR count). The number of alkyl halides is 3. The Morgan fingerprint density at radius 3 is 2.60 bits per heavy atom. The molecule has 1 N–H and O–H groups in total. The Morgan fingerprint density at radius 1 is 1.28 bits per heavy atom. The third-order valence-corrected chi connectivity index (χ3v) is 4.78. The number of anilines is 1. The normalized spacial score (nSPS) is 16.8. The molecule has 2 aromatic rings. The van der Waals surface area contributed by atoms with E-state index >= 15 is 0 Å². The van der Waals surface area contributed by atoms with Gasteiger partial charge in [-0.2, -0.15) is 18.3 Å². The van der Waals surface area contributed by atoms with E-state index in [-0.39, 0.29) is 11.6 Å². The Labute approximate surface area is 144 Å². The summed E-state index contributed by atoms with van der Waals surface area (Å²) in [5.41, 5.74) is 1.70. The number of carbonyl (C=O) groups excluding carboxylic acids is 1. The fourth-order valence-corrected chi connectivity index (χ4v) is 3.66. The molecule has 1 saturated carbocycles. The van der Waals surface area contributed by atoms with E-state index in [1.54, 1.807) is 0 Å². The van der Waals surface area contributed by atoms with E-state index in [0.29, 0.717) is 0 Å². The molecule has 1 aromatic heterocycles. The molecule has 1 aromatic carbocycles. The summed E-state index contributed by atoms with van der Waals surface area (Å²) in [4.78, 5) is 13.0. The lowest BCUT2D eigenvalue weighted by Gasteiger charge is -2.29. The summed E-state index contributed by atoms with van der Waals surface area (Å²) in [6.45, 7) is 0.801. The van der Waals surface area contributed by atoms with E-state index in [1.165, 1.54) is 12.4 Å². The van der Waals surface area contributed by atoms with Crippen molar-refractivity contribution in [3.8, 4) is 0 Å². The molecule has 4 nitrogen and oxygen atoms in total. The third kappa shape index (κ3) is 3.70. The lowest BCUT2D eigenvalue weighted by molar-refractivity contribution is -0.142. The van der Waals surface area contributed by atoms with Crippen molar-refractivity contribution in [1.82, 2.24) is 9.78 Å². The highest BCUT2D eigenvalue weighted by Gasteiger charge is 2.43. The minimum atomic E-state index is -4.35. The molecule has 0 radical (unpaired) electrons. The SMILES string of the molecule is Cc1ccccc1C1(C(=O)Nc2cnn(CC(F)(F)F)c2)CCCC1. The van der Waals surface area contributed by atoms with Gasteiger partial charge in [0.2, 0.25) is 5.91 Å². The van der Waals surface area contributed by atoms with Crippen LogP contribution in [0.2, 0.25) is 0 Å². The second kappa shape index (κ2) is 6.54. The molecule has 7 heteroatoms. The van der Waals surface area contributed by atoms with Crippen LogP contribution in [0.5, 0.6) is 0 Å². The number of rotatable bonds is 4. The number of amides is 1. The Hall–Kier alpha value is -2.31. The minimum absolute atomic E-state index is 0.175. The average Bonchev–Trinajstić information content (AvgIpc) is 3.16. The van der Waals surface area contributed by atoms with Crippen molar-refractivity contribution in [2.24, 2.45) is 0 Å². The summed E-state index contributed by atoms with van der Waals surface area (Å²) in [6.07, 6.45) is 1.50. The van der Waals surface area contributed by atoms with Gasteiger partial charge in [0.05, 0.1) is 17.3 Å². The molecule has 0 unspecified atom stereocenters. The average molecular weight is 351 g/mol. The number of hydrogen-bond acceptors (Lipinski definition) is 2. The van der Waals surface area contributed by atoms with Crippen molar-refractivity contribution in [3.63, 3.8) is 0 Å². The molecule has 134 valence electrons. The van der Waals surface area contributed by atoms with Gasteiger partial charge in [-0.1, -0.05) is 37.1 Å². The highest BCUT2D eigenvalue weighted by atomic mass is 19.4. The van der Waals surface area contributed by atoms with Gasteiger partial charge in [-0.3, -0.25) is 9.48 Å². The fourth-order valence-electron chi connectivity index (χ4n) is 3.66.